The van der Waals surface area contributed by atoms with Crippen molar-refractivity contribution >= 4 is 29.0 Å². The molecule has 0 saturated carbocycles. The van der Waals surface area contributed by atoms with Crippen LogP contribution in [0, 0.1) is 5.92 Å². The van der Waals surface area contributed by atoms with E-state index in [4.69, 9.17) is 12.2 Å². The molecule has 0 aliphatic carbocycles. The molecule has 0 aromatic carbocycles. The number of carbonyl (C=O) groups excluding carboxylic acids is 2. The van der Waals surface area contributed by atoms with E-state index in [1.54, 1.807) is 13.0 Å². The molecule has 5 heteroatoms. The first-order valence-corrected chi connectivity index (χ1v) is 7.15. The summed E-state index contributed by atoms with van der Waals surface area (Å²) in [6, 6.07) is 0. The first-order valence-electron chi connectivity index (χ1n) is 6.75. The van der Waals surface area contributed by atoms with Crippen molar-refractivity contribution in [2.24, 2.45) is 5.92 Å². The van der Waals surface area contributed by atoms with Gasteiger partial charge in [-0.3, -0.25) is 9.59 Å². The minimum absolute atomic E-state index is 0.171. The fraction of sp³-hybridized carbons (Fsp3) is 0.533. The zero-order valence-electron chi connectivity index (χ0n) is 12.3. The van der Waals surface area contributed by atoms with Crippen molar-refractivity contribution in [2.45, 2.75) is 40.0 Å². The van der Waals surface area contributed by atoms with Crippen molar-refractivity contribution in [3.63, 3.8) is 0 Å². The van der Waals surface area contributed by atoms with E-state index < -0.39 is 5.92 Å². The third kappa shape index (κ3) is 7.84. The zero-order chi connectivity index (χ0) is 15.5. The number of Topliss-reactive ketones (excluding diaryl/α,β-unsaturated/α-hetero) is 1. The van der Waals surface area contributed by atoms with E-state index in [1.165, 1.54) is 6.92 Å². The van der Waals surface area contributed by atoms with Crippen LogP contribution in [0.5, 0.6) is 0 Å². The van der Waals surface area contributed by atoms with Gasteiger partial charge >= 0.3 is 0 Å². The molecule has 0 fully saturated rings. The highest BCUT2D eigenvalue weighted by Crippen LogP contribution is 2.12. The highest BCUT2D eigenvalue weighted by molar-refractivity contribution is 7.80. The van der Waals surface area contributed by atoms with Gasteiger partial charge in [0.2, 0.25) is 5.91 Å². The van der Waals surface area contributed by atoms with Gasteiger partial charge in [0.25, 0.3) is 0 Å². The summed E-state index contributed by atoms with van der Waals surface area (Å²) < 4.78 is 0. The summed E-state index contributed by atoms with van der Waals surface area (Å²) in [6.07, 6.45) is 7.86. The standard InChI is InChI=1S/C15H23NO3S/c1-4-5-6-7-8-11(2)14(18)13(15(19)20)9-10-16-12(3)17/h6-8,13H,4-5,9-10H2,1-3H3,(H,16,17)(H,19,20)/b7-6+,11-8+. The molecule has 0 aromatic rings. The van der Waals surface area contributed by atoms with Crippen LogP contribution in [0.1, 0.15) is 40.0 Å². The van der Waals surface area contributed by atoms with Crippen LogP contribution in [0.25, 0.3) is 0 Å². The van der Waals surface area contributed by atoms with Crippen molar-refractivity contribution in [1.29, 1.82) is 0 Å². The molecule has 0 bridgehead atoms. The van der Waals surface area contributed by atoms with Gasteiger partial charge in [0.15, 0.2) is 10.8 Å². The van der Waals surface area contributed by atoms with Crippen LogP contribution in [0.2, 0.25) is 0 Å². The molecule has 0 spiro atoms. The fourth-order valence-electron chi connectivity index (χ4n) is 1.59. The van der Waals surface area contributed by atoms with E-state index in [2.05, 4.69) is 12.2 Å². The van der Waals surface area contributed by atoms with Crippen molar-refractivity contribution in [3.8, 4) is 0 Å². The SMILES string of the molecule is CCC/C=C/C=C(\C)C(=O)C(CCNC(C)=O)C(O)=S. The minimum atomic E-state index is -0.743. The van der Waals surface area contributed by atoms with Crippen LogP contribution in [0.15, 0.2) is 23.8 Å². The van der Waals surface area contributed by atoms with Crippen LogP contribution in [0.4, 0.5) is 0 Å². The molecule has 1 atom stereocenters. The van der Waals surface area contributed by atoms with Gasteiger partial charge in [-0.05, 0) is 37.6 Å². The predicted molar refractivity (Wildman–Crippen MR) is 84.8 cm³/mol. The zero-order valence-corrected chi connectivity index (χ0v) is 13.1. The fourth-order valence-corrected chi connectivity index (χ4v) is 1.82. The second kappa shape index (κ2) is 10.3. The number of aliphatic hydroxyl groups is 1. The smallest absolute Gasteiger partial charge is 0.216 e. The molecule has 4 nitrogen and oxygen atoms in total. The van der Waals surface area contributed by atoms with Crippen LogP contribution < -0.4 is 5.32 Å². The lowest BCUT2D eigenvalue weighted by atomic mass is 9.95. The summed E-state index contributed by atoms with van der Waals surface area (Å²) in [5, 5.41) is 11.7. The second-order valence-electron chi connectivity index (χ2n) is 4.59. The van der Waals surface area contributed by atoms with E-state index in [-0.39, 0.29) is 16.7 Å². The van der Waals surface area contributed by atoms with Gasteiger partial charge in [-0.25, -0.2) is 0 Å². The highest BCUT2D eigenvalue weighted by atomic mass is 32.1. The maximum Gasteiger partial charge on any atom is 0.216 e. The van der Waals surface area contributed by atoms with Crippen LogP contribution >= 0.6 is 12.2 Å². The van der Waals surface area contributed by atoms with Gasteiger partial charge in [0.05, 0.1) is 5.92 Å². The Balaban J connectivity index is 4.62. The molecule has 20 heavy (non-hydrogen) atoms. The number of nitrogens with one attached hydrogen (secondary N) is 1. The molecule has 0 aliphatic heterocycles. The lowest BCUT2D eigenvalue weighted by Gasteiger charge is -2.13. The Morgan fingerprint density at radius 2 is 2.00 bits per heavy atom. The molecule has 2 N–H and O–H groups in total. The molecule has 112 valence electrons. The van der Waals surface area contributed by atoms with Crippen molar-refractivity contribution in [2.75, 3.05) is 6.54 Å². The number of unbranched alkanes of at least 4 members (excludes halogenated alkanes) is 1. The normalized spacial score (nSPS) is 13.2. The molecular weight excluding hydrogens is 274 g/mol. The molecule has 0 heterocycles. The molecule has 0 radical (unpaired) electrons. The Morgan fingerprint density at radius 1 is 1.35 bits per heavy atom. The summed E-state index contributed by atoms with van der Waals surface area (Å²) in [4.78, 5) is 23.0. The Kier molecular flexibility index (Phi) is 9.55. The summed E-state index contributed by atoms with van der Waals surface area (Å²) in [6.45, 7) is 5.49. The first kappa shape index (κ1) is 18.5. The number of allylic oxidation sites excluding steroid dienone is 4. The number of carbonyl (C=O) groups is 2. The van der Waals surface area contributed by atoms with Crippen LogP contribution in [-0.4, -0.2) is 28.4 Å². The molecule has 0 aromatic heterocycles. The first-order chi connectivity index (χ1) is 9.40. The summed E-state index contributed by atoms with van der Waals surface area (Å²) in [7, 11) is 0. The minimum Gasteiger partial charge on any atom is -0.501 e. The number of hydrogen-bond donors (Lipinski definition) is 2. The van der Waals surface area contributed by atoms with E-state index in [1.807, 2.05) is 12.2 Å². The third-order valence-corrected chi connectivity index (χ3v) is 3.03. The van der Waals surface area contributed by atoms with Crippen molar-refractivity contribution in [1.82, 2.24) is 5.32 Å². The van der Waals surface area contributed by atoms with Crippen LogP contribution in [0.3, 0.4) is 0 Å². The van der Waals surface area contributed by atoms with E-state index in [9.17, 15) is 14.7 Å². The quantitative estimate of drug-likeness (QED) is 0.390. The van der Waals surface area contributed by atoms with Gasteiger partial charge in [-0.2, -0.15) is 0 Å². The Bertz CT molecular complexity index is 413. The molecule has 0 aliphatic rings. The van der Waals surface area contributed by atoms with Crippen LogP contribution in [-0.2, 0) is 9.59 Å². The predicted octanol–water partition coefficient (Wildman–Crippen LogP) is 2.89. The maximum absolute atomic E-state index is 12.2. The van der Waals surface area contributed by atoms with Gasteiger partial charge in [-0.1, -0.05) is 31.6 Å². The molecule has 0 rings (SSSR count). The Hall–Kier alpha value is -1.49. The highest BCUT2D eigenvalue weighted by Gasteiger charge is 2.23. The Morgan fingerprint density at radius 3 is 2.50 bits per heavy atom. The Labute approximate surface area is 125 Å². The van der Waals surface area contributed by atoms with E-state index in [0.29, 0.717) is 18.5 Å². The molecule has 1 unspecified atom stereocenters. The molecule has 0 saturated heterocycles. The number of rotatable bonds is 9. The average Bonchev–Trinajstić information content (AvgIpc) is 2.38. The summed E-state index contributed by atoms with van der Waals surface area (Å²) in [5.41, 5.74) is 0.543. The van der Waals surface area contributed by atoms with E-state index in [0.717, 1.165) is 12.8 Å². The van der Waals surface area contributed by atoms with Gasteiger partial charge in [-0.15, -0.1) is 0 Å². The largest absolute Gasteiger partial charge is 0.501 e. The number of amides is 1. The maximum atomic E-state index is 12.2. The monoisotopic (exact) mass is 297 g/mol. The van der Waals surface area contributed by atoms with Crippen molar-refractivity contribution < 1.29 is 14.7 Å². The van der Waals surface area contributed by atoms with Gasteiger partial charge in [0.1, 0.15) is 0 Å². The number of ketones is 1. The third-order valence-electron chi connectivity index (χ3n) is 2.75. The van der Waals surface area contributed by atoms with E-state index >= 15 is 0 Å². The molecule has 1 amide bonds. The lowest BCUT2D eigenvalue weighted by Crippen LogP contribution is -2.29. The average molecular weight is 297 g/mol. The molecular formula is C15H23NO3S. The number of thiocarbonyl (C=S) groups is 1. The summed E-state index contributed by atoms with van der Waals surface area (Å²) >= 11 is 4.72. The number of hydrogen-bond acceptors (Lipinski definition) is 3. The van der Waals surface area contributed by atoms with Gasteiger partial charge < -0.3 is 10.4 Å². The summed E-state index contributed by atoms with van der Waals surface area (Å²) in [5.74, 6) is -1.12. The van der Waals surface area contributed by atoms with Gasteiger partial charge in [0, 0.05) is 13.5 Å². The lowest BCUT2D eigenvalue weighted by molar-refractivity contribution is -0.120. The van der Waals surface area contributed by atoms with Crippen molar-refractivity contribution in [3.05, 3.63) is 23.8 Å². The number of aliphatic hydroxyl groups excluding tert-OH is 1. The topological polar surface area (TPSA) is 66.4 Å². The second-order valence-corrected chi connectivity index (χ2v) is 5.01.